The fraction of sp³-hybridized carbons (Fsp3) is 0.200. The number of fused-ring (bicyclic) bond motifs is 1. The maximum Gasteiger partial charge on any atom is 0.258 e. The summed E-state index contributed by atoms with van der Waals surface area (Å²) in [5.74, 6) is 1.00. The molecule has 1 aromatic heterocycles. The molecule has 1 amide bonds. The fourth-order valence-corrected chi connectivity index (χ4v) is 3.40. The van der Waals surface area contributed by atoms with Crippen molar-refractivity contribution in [2.24, 2.45) is 0 Å². The van der Waals surface area contributed by atoms with Gasteiger partial charge in [0.25, 0.3) is 5.91 Å². The van der Waals surface area contributed by atoms with Crippen molar-refractivity contribution in [3.05, 3.63) is 53.3 Å². The molecule has 0 bridgehead atoms. The second-order valence-electron chi connectivity index (χ2n) is 4.49. The molecular formula is C15H13ClN2OS. The van der Waals surface area contributed by atoms with Gasteiger partial charge in [-0.15, -0.1) is 11.8 Å². The molecule has 3 nitrogen and oxygen atoms in total. The van der Waals surface area contributed by atoms with E-state index in [0.717, 1.165) is 29.3 Å². The molecule has 2 heterocycles. The minimum atomic E-state index is -0.0238. The molecule has 0 aliphatic carbocycles. The molecule has 1 aromatic carbocycles. The van der Waals surface area contributed by atoms with E-state index in [4.69, 9.17) is 11.6 Å². The van der Waals surface area contributed by atoms with Crippen molar-refractivity contribution in [2.75, 3.05) is 17.2 Å². The van der Waals surface area contributed by atoms with Gasteiger partial charge < -0.3 is 4.90 Å². The second-order valence-corrected chi connectivity index (χ2v) is 6.02. The molecule has 5 heteroatoms. The normalized spacial score (nSPS) is 14.6. The van der Waals surface area contributed by atoms with Crippen LogP contribution in [0, 0.1) is 0 Å². The number of anilines is 1. The van der Waals surface area contributed by atoms with Crippen LogP contribution in [0.15, 0.2) is 47.5 Å². The summed E-state index contributed by atoms with van der Waals surface area (Å²) in [6.07, 6.45) is 2.54. The van der Waals surface area contributed by atoms with Crippen LogP contribution < -0.4 is 4.90 Å². The monoisotopic (exact) mass is 304 g/mol. The minimum Gasteiger partial charge on any atom is -0.307 e. The second kappa shape index (κ2) is 5.85. The summed E-state index contributed by atoms with van der Waals surface area (Å²) in [6.45, 7) is 0.725. The lowest BCUT2D eigenvalue weighted by atomic mass is 10.2. The third-order valence-corrected chi connectivity index (χ3v) is 4.51. The quantitative estimate of drug-likeness (QED) is 0.750. The molecule has 0 radical (unpaired) electrons. The molecule has 1 aliphatic rings. The predicted molar refractivity (Wildman–Crippen MR) is 82.7 cm³/mol. The highest BCUT2D eigenvalue weighted by atomic mass is 35.5. The van der Waals surface area contributed by atoms with Crippen molar-refractivity contribution in [3.8, 4) is 0 Å². The fourth-order valence-electron chi connectivity index (χ4n) is 2.23. The van der Waals surface area contributed by atoms with E-state index in [9.17, 15) is 4.79 Å². The molecule has 0 N–H and O–H groups in total. The first kappa shape index (κ1) is 13.5. The smallest absolute Gasteiger partial charge is 0.258 e. The number of carbonyl (C=O) groups excluding carboxylic acids is 1. The summed E-state index contributed by atoms with van der Waals surface area (Å²) in [5.41, 5.74) is 1.56. The van der Waals surface area contributed by atoms with Crippen LogP contribution in [0.4, 0.5) is 5.69 Å². The van der Waals surface area contributed by atoms with Crippen LogP contribution in [0.3, 0.4) is 0 Å². The first-order chi connectivity index (χ1) is 9.75. The van der Waals surface area contributed by atoms with Gasteiger partial charge in [0.05, 0.1) is 5.69 Å². The van der Waals surface area contributed by atoms with Crippen LogP contribution in [-0.4, -0.2) is 23.2 Å². The van der Waals surface area contributed by atoms with Gasteiger partial charge in [0, 0.05) is 23.2 Å². The van der Waals surface area contributed by atoms with Crippen LogP contribution in [0.25, 0.3) is 0 Å². The summed E-state index contributed by atoms with van der Waals surface area (Å²) < 4.78 is 0. The number of nitrogens with zero attached hydrogens (tertiary/aromatic N) is 2. The third-order valence-electron chi connectivity index (χ3n) is 3.16. The number of benzene rings is 1. The highest BCUT2D eigenvalue weighted by molar-refractivity contribution is 7.99. The Kier molecular flexibility index (Phi) is 3.94. The third kappa shape index (κ3) is 2.67. The standard InChI is InChI=1S/C15H13ClN2OS/c16-14-10-11(6-7-17-14)15(19)18-8-3-9-20-13-5-2-1-4-12(13)18/h1-2,4-7,10H,3,8-9H2. The Morgan fingerprint density at radius 1 is 1.30 bits per heavy atom. The Bertz CT molecular complexity index is 647. The lowest BCUT2D eigenvalue weighted by molar-refractivity contribution is 0.0986. The van der Waals surface area contributed by atoms with Crippen molar-refractivity contribution in [3.63, 3.8) is 0 Å². The first-order valence-electron chi connectivity index (χ1n) is 6.41. The number of pyridine rings is 1. The molecule has 0 saturated carbocycles. The molecule has 1 aliphatic heterocycles. The number of carbonyl (C=O) groups is 1. The van der Waals surface area contributed by atoms with Gasteiger partial charge in [-0.1, -0.05) is 23.7 Å². The molecule has 0 saturated heterocycles. The van der Waals surface area contributed by atoms with E-state index >= 15 is 0 Å². The summed E-state index contributed by atoms with van der Waals surface area (Å²) in [4.78, 5) is 19.6. The molecular weight excluding hydrogens is 292 g/mol. The van der Waals surface area contributed by atoms with Crippen molar-refractivity contribution in [1.29, 1.82) is 0 Å². The summed E-state index contributed by atoms with van der Waals surface area (Å²) >= 11 is 7.67. The van der Waals surface area contributed by atoms with Crippen molar-refractivity contribution >= 4 is 35.0 Å². The van der Waals surface area contributed by atoms with E-state index in [1.165, 1.54) is 0 Å². The lowest BCUT2D eigenvalue weighted by Gasteiger charge is -2.22. The van der Waals surface area contributed by atoms with Gasteiger partial charge in [0.15, 0.2) is 0 Å². The zero-order valence-electron chi connectivity index (χ0n) is 10.8. The number of aromatic nitrogens is 1. The van der Waals surface area contributed by atoms with Gasteiger partial charge in [0.2, 0.25) is 0 Å². The van der Waals surface area contributed by atoms with Crippen molar-refractivity contribution < 1.29 is 4.79 Å². The van der Waals surface area contributed by atoms with Gasteiger partial charge in [-0.3, -0.25) is 4.79 Å². The van der Waals surface area contributed by atoms with E-state index < -0.39 is 0 Å². The van der Waals surface area contributed by atoms with Crippen LogP contribution in [-0.2, 0) is 0 Å². The van der Waals surface area contributed by atoms with Crippen LogP contribution in [0.5, 0.6) is 0 Å². The number of hydrogen-bond acceptors (Lipinski definition) is 3. The van der Waals surface area contributed by atoms with Crippen LogP contribution in [0.1, 0.15) is 16.8 Å². The highest BCUT2D eigenvalue weighted by Crippen LogP contribution is 2.34. The van der Waals surface area contributed by atoms with Crippen LogP contribution in [0.2, 0.25) is 5.15 Å². The number of hydrogen-bond donors (Lipinski definition) is 0. The molecule has 0 fully saturated rings. The molecule has 0 spiro atoms. The number of thioether (sulfide) groups is 1. The average Bonchev–Trinajstić information content (AvgIpc) is 2.69. The highest BCUT2D eigenvalue weighted by Gasteiger charge is 2.22. The molecule has 3 rings (SSSR count). The van der Waals surface area contributed by atoms with E-state index in [-0.39, 0.29) is 5.91 Å². The van der Waals surface area contributed by atoms with Crippen molar-refractivity contribution in [1.82, 2.24) is 4.98 Å². The van der Waals surface area contributed by atoms with E-state index in [2.05, 4.69) is 11.1 Å². The number of halogens is 1. The molecule has 20 heavy (non-hydrogen) atoms. The Morgan fingerprint density at radius 2 is 2.15 bits per heavy atom. The zero-order valence-corrected chi connectivity index (χ0v) is 12.3. The van der Waals surface area contributed by atoms with Crippen LogP contribution >= 0.6 is 23.4 Å². The summed E-state index contributed by atoms with van der Waals surface area (Å²) in [7, 11) is 0. The largest absolute Gasteiger partial charge is 0.307 e. The first-order valence-corrected chi connectivity index (χ1v) is 7.77. The Morgan fingerprint density at radius 3 is 3.00 bits per heavy atom. The number of rotatable bonds is 1. The zero-order chi connectivity index (χ0) is 13.9. The lowest BCUT2D eigenvalue weighted by Crippen LogP contribution is -2.31. The Hall–Kier alpha value is -1.52. The average molecular weight is 305 g/mol. The van der Waals surface area contributed by atoms with Gasteiger partial charge in [0.1, 0.15) is 5.15 Å². The summed E-state index contributed by atoms with van der Waals surface area (Å²) in [6, 6.07) is 11.3. The topological polar surface area (TPSA) is 33.2 Å². The van der Waals surface area contributed by atoms with Crippen molar-refractivity contribution in [2.45, 2.75) is 11.3 Å². The van der Waals surface area contributed by atoms with E-state index in [1.807, 2.05) is 23.1 Å². The Balaban J connectivity index is 1.99. The van der Waals surface area contributed by atoms with Gasteiger partial charge in [-0.05, 0) is 36.4 Å². The van der Waals surface area contributed by atoms with E-state index in [0.29, 0.717) is 10.7 Å². The SMILES string of the molecule is O=C(c1ccnc(Cl)c1)N1CCCSc2ccccc21. The number of amides is 1. The van der Waals surface area contributed by atoms with Gasteiger partial charge >= 0.3 is 0 Å². The summed E-state index contributed by atoms with van der Waals surface area (Å²) in [5, 5.41) is 0.341. The maximum absolute atomic E-state index is 12.7. The number of para-hydroxylation sites is 1. The van der Waals surface area contributed by atoms with Gasteiger partial charge in [-0.25, -0.2) is 4.98 Å². The van der Waals surface area contributed by atoms with E-state index in [1.54, 1.807) is 30.1 Å². The van der Waals surface area contributed by atoms with Gasteiger partial charge in [-0.2, -0.15) is 0 Å². The maximum atomic E-state index is 12.7. The minimum absolute atomic E-state index is 0.0238. The predicted octanol–water partition coefficient (Wildman–Crippen LogP) is 3.88. The molecule has 0 unspecified atom stereocenters. The Labute approximate surface area is 127 Å². The molecule has 2 aromatic rings. The molecule has 102 valence electrons. The molecule has 0 atom stereocenters.